The highest BCUT2D eigenvalue weighted by Crippen LogP contribution is 2.20. The number of carbonyl (C=O) groups is 1. The van der Waals surface area contributed by atoms with Crippen molar-refractivity contribution < 1.29 is 9.53 Å². The van der Waals surface area contributed by atoms with Crippen LogP contribution in [0.15, 0.2) is 28.7 Å². The van der Waals surface area contributed by atoms with Crippen LogP contribution < -0.4 is 10.1 Å². The zero-order valence-electron chi connectivity index (χ0n) is 14.3. The van der Waals surface area contributed by atoms with E-state index in [-0.39, 0.29) is 11.4 Å². The van der Waals surface area contributed by atoms with Gasteiger partial charge in [0, 0.05) is 16.6 Å². The number of hydrogen-bond donors (Lipinski definition) is 1. The molecule has 5 heteroatoms. The van der Waals surface area contributed by atoms with Crippen LogP contribution in [0, 0.1) is 0 Å². The second-order valence-corrected chi connectivity index (χ2v) is 7.71. The molecular formula is C18H27BrN2O2. The maximum atomic E-state index is 12.3. The second-order valence-electron chi connectivity index (χ2n) is 6.79. The lowest BCUT2D eigenvalue weighted by molar-refractivity contribution is -0.127. The number of rotatable bonds is 6. The minimum Gasteiger partial charge on any atom is -0.481 e. The highest BCUT2D eigenvalue weighted by Gasteiger charge is 2.29. The molecule has 1 aromatic rings. The third-order valence-corrected chi connectivity index (χ3v) is 4.93. The Morgan fingerprint density at radius 3 is 2.48 bits per heavy atom. The summed E-state index contributed by atoms with van der Waals surface area (Å²) in [6.45, 7) is 9.05. The molecule has 1 saturated heterocycles. The van der Waals surface area contributed by atoms with Crippen LogP contribution in [0.5, 0.6) is 5.75 Å². The molecule has 1 aliphatic rings. The van der Waals surface area contributed by atoms with Gasteiger partial charge in [0.1, 0.15) is 5.75 Å². The van der Waals surface area contributed by atoms with Crippen LogP contribution in [0.4, 0.5) is 0 Å². The topological polar surface area (TPSA) is 41.6 Å². The molecule has 0 bridgehead atoms. The summed E-state index contributed by atoms with van der Waals surface area (Å²) in [5.74, 6) is 0.629. The molecule has 0 spiro atoms. The van der Waals surface area contributed by atoms with Crippen molar-refractivity contribution in [3.8, 4) is 5.75 Å². The lowest BCUT2D eigenvalue weighted by atomic mass is 9.98. The fourth-order valence-electron chi connectivity index (χ4n) is 2.83. The molecule has 1 unspecified atom stereocenters. The van der Waals surface area contributed by atoms with Gasteiger partial charge in [-0.3, -0.25) is 9.69 Å². The molecule has 0 saturated carbocycles. The van der Waals surface area contributed by atoms with Gasteiger partial charge in [0.15, 0.2) is 6.10 Å². The third-order valence-electron chi connectivity index (χ3n) is 4.40. The number of nitrogens with one attached hydrogen (secondary N) is 1. The van der Waals surface area contributed by atoms with E-state index in [9.17, 15) is 4.79 Å². The van der Waals surface area contributed by atoms with Crippen molar-refractivity contribution in [2.45, 2.75) is 51.7 Å². The molecule has 128 valence electrons. The number of carbonyl (C=O) groups excluding carboxylic acids is 1. The molecule has 23 heavy (non-hydrogen) atoms. The summed E-state index contributed by atoms with van der Waals surface area (Å²) in [6, 6.07) is 7.51. The van der Waals surface area contributed by atoms with E-state index in [2.05, 4.69) is 40.0 Å². The van der Waals surface area contributed by atoms with Gasteiger partial charge in [-0.2, -0.15) is 0 Å². The first-order chi connectivity index (χ1) is 10.9. The van der Waals surface area contributed by atoms with Gasteiger partial charge >= 0.3 is 0 Å². The molecule has 1 heterocycles. The van der Waals surface area contributed by atoms with E-state index >= 15 is 0 Å². The molecule has 1 N–H and O–H groups in total. The summed E-state index contributed by atoms with van der Waals surface area (Å²) in [6.07, 6.45) is 3.31. The van der Waals surface area contributed by atoms with Crippen molar-refractivity contribution in [3.63, 3.8) is 0 Å². The Balaban J connectivity index is 1.82. The summed E-state index contributed by atoms with van der Waals surface area (Å²) in [4.78, 5) is 14.7. The Labute approximate surface area is 147 Å². The summed E-state index contributed by atoms with van der Waals surface area (Å²) in [5.41, 5.74) is -0.0204. The number of benzene rings is 1. The Kier molecular flexibility index (Phi) is 6.48. The number of piperidine rings is 1. The van der Waals surface area contributed by atoms with E-state index < -0.39 is 6.10 Å². The van der Waals surface area contributed by atoms with Gasteiger partial charge in [-0.15, -0.1) is 0 Å². The molecule has 1 amide bonds. The minimum absolute atomic E-state index is 0.0204. The first-order valence-corrected chi connectivity index (χ1v) is 9.13. The third kappa shape index (κ3) is 5.50. The van der Waals surface area contributed by atoms with Crippen LogP contribution >= 0.6 is 15.9 Å². The molecule has 1 fully saturated rings. The minimum atomic E-state index is -0.506. The van der Waals surface area contributed by atoms with Gasteiger partial charge in [-0.05, 0) is 71.0 Å². The van der Waals surface area contributed by atoms with Crippen molar-refractivity contribution in [2.75, 3.05) is 19.6 Å². The van der Waals surface area contributed by atoms with Gasteiger partial charge in [0.2, 0.25) is 0 Å². The van der Waals surface area contributed by atoms with E-state index in [1.807, 2.05) is 24.3 Å². The molecule has 0 aromatic heterocycles. The molecule has 1 aliphatic heterocycles. The van der Waals surface area contributed by atoms with E-state index in [4.69, 9.17) is 4.74 Å². The first-order valence-electron chi connectivity index (χ1n) is 8.33. The number of hydrogen-bond acceptors (Lipinski definition) is 3. The summed E-state index contributed by atoms with van der Waals surface area (Å²) >= 11 is 3.39. The molecule has 1 atom stereocenters. The molecule has 0 aliphatic carbocycles. The molecular weight excluding hydrogens is 356 g/mol. The van der Waals surface area contributed by atoms with Gasteiger partial charge in [-0.25, -0.2) is 0 Å². The second kappa shape index (κ2) is 8.15. The Morgan fingerprint density at radius 1 is 1.26 bits per heavy atom. The van der Waals surface area contributed by atoms with Crippen molar-refractivity contribution >= 4 is 21.8 Å². The van der Waals surface area contributed by atoms with Crippen molar-refractivity contribution in [1.29, 1.82) is 0 Å². The first kappa shape index (κ1) is 18.3. The van der Waals surface area contributed by atoms with E-state index in [1.165, 1.54) is 19.3 Å². The van der Waals surface area contributed by atoms with E-state index in [1.54, 1.807) is 6.92 Å². The van der Waals surface area contributed by atoms with Crippen LogP contribution in [-0.4, -0.2) is 42.1 Å². The van der Waals surface area contributed by atoms with Gasteiger partial charge < -0.3 is 10.1 Å². The predicted octanol–water partition coefficient (Wildman–Crippen LogP) is 3.60. The summed E-state index contributed by atoms with van der Waals surface area (Å²) in [7, 11) is 0. The lowest BCUT2D eigenvalue weighted by Gasteiger charge is -2.41. The Bertz CT molecular complexity index is 510. The number of amides is 1. The number of nitrogens with zero attached hydrogens (tertiary/aromatic N) is 1. The Hall–Kier alpha value is -1.07. The van der Waals surface area contributed by atoms with Crippen molar-refractivity contribution in [3.05, 3.63) is 28.7 Å². The number of likely N-dealkylation sites (tertiary alicyclic amines) is 1. The van der Waals surface area contributed by atoms with Crippen LogP contribution in [0.2, 0.25) is 0 Å². The van der Waals surface area contributed by atoms with Crippen LogP contribution in [0.25, 0.3) is 0 Å². The average molecular weight is 383 g/mol. The van der Waals surface area contributed by atoms with Crippen LogP contribution in [-0.2, 0) is 4.79 Å². The highest BCUT2D eigenvalue weighted by atomic mass is 79.9. The summed E-state index contributed by atoms with van der Waals surface area (Å²) < 4.78 is 6.69. The molecule has 0 radical (unpaired) electrons. The van der Waals surface area contributed by atoms with Crippen LogP contribution in [0.1, 0.15) is 40.0 Å². The lowest BCUT2D eigenvalue weighted by Crippen LogP contribution is -2.54. The zero-order valence-corrected chi connectivity index (χ0v) is 15.9. The number of halogens is 1. The van der Waals surface area contributed by atoms with Gasteiger partial charge in [-0.1, -0.05) is 22.4 Å². The van der Waals surface area contributed by atoms with Crippen molar-refractivity contribution in [2.24, 2.45) is 0 Å². The quantitative estimate of drug-likeness (QED) is 0.816. The fraction of sp³-hybridized carbons (Fsp3) is 0.611. The Morgan fingerprint density at radius 2 is 1.87 bits per heavy atom. The van der Waals surface area contributed by atoms with E-state index in [0.29, 0.717) is 12.3 Å². The smallest absolute Gasteiger partial charge is 0.260 e. The highest BCUT2D eigenvalue weighted by molar-refractivity contribution is 9.10. The molecule has 4 nitrogen and oxygen atoms in total. The van der Waals surface area contributed by atoms with Crippen LogP contribution in [0.3, 0.4) is 0 Å². The van der Waals surface area contributed by atoms with Crippen molar-refractivity contribution in [1.82, 2.24) is 10.2 Å². The zero-order chi connectivity index (χ0) is 16.9. The predicted molar refractivity (Wildman–Crippen MR) is 96.7 cm³/mol. The van der Waals surface area contributed by atoms with E-state index in [0.717, 1.165) is 17.6 Å². The number of ether oxygens (including phenoxy) is 1. The maximum Gasteiger partial charge on any atom is 0.260 e. The monoisotopic (exact) mass is 382 g/mol. The standard InChI is InChI=1S/C18H27BrN2O2/c1-14(23-16-9-7-15(19)8-10-16)17(22)20-13-18(2,3)21-11-5-4-6-12-21/h7-10,14H,4-6,11-13H2,1-3H3,(H,20,22). The largest absolute Gasteiger partial charge is 0.481 e. The normalized spacial score (nSPS) is 17.6. The molecule has 2 rings (SSSR count). The summed E-state index contributed by atoms with van der Waals surface area (Å²) in [5, 5.41) is 3.04. The van der Waals surface area contributed by atoms with Gasteiger partial charge in [0.05, 0.1) is 0 Å². The van der Waals surface area contributed by atoms with Gasteiger partial charge in [0.25, 0.3) is 5.91 Å². The fourth-order valence-corrected chi connectivity index (χ4v) is 3.09. The SMILES string of the molecule is CC(Oc1ccc(Br)cc1)C(=O)NCC(C)(C)N1CCCCC1. The average Bonchev–Trinajstić information content (AvgIpc) is 2.55. The maximum absolute atomic E-state index is 12.3. The molecule has 1 aromatic carbocycles.